The van der Waals surface area contributed by atoms with Crippen molar-refractivity contribution in [3.8, 4) is 0 Å². The quantitative estimate of drug-likeness (QED) is 0.839. The van der Waals surface area contributed by atoms with Gasteiger partial charge in [-0.3, -0.25) is 4.90 Å². The Hall–Kier alpha value is -1.36. The second-order valence-corrected chi connectivity index (χ2v) is 5.73. The lowest BCUT2D eigenvalue weighted by molar-refractivity contribution is 0.248. The zero-order valence-electron chi connectivity index (χ0n) is 10.9. The summed E-state index contributed by atoms with van der Waals surface area (Å²) in [7, 11) is 0. The zero-order valence-corrected chi connectivity index (χ0v) is 11.7. The van der Waals surface area contributed by atoms with Crippen molar-refractivity contribution in [2.45, 2.75) is 39.3 Å². The Labute approximate surface area is 112 Å². The number of carbonyl (C=O) groups excluding carboxylic acids is 1. The standard InChI is InChI=1S/C12H17ClN4O/c1-7(2)9-12(3,4)16-11(18)17(9)8-5-6-14-10(13)15-8/h5-7,9H,1-4H3,(H,16,18). The minimum Gasteiger partial charge on any atom is -0.331 e. The van der Waals surface area contributed by atoms with E-state index >= 15 is 0 Å². The average Bonchev–Trinajstić information content (AvgIpc) is 2.47. The lowest BCUT2D eigenvalue weighted by atomic mass is 9.87. The van der Waals surface area contributed by atoms with Gasteiger partial charge in [0.2, 0.25) is 5.28 Å². The van der Waals surface area contributed by atoms with Gasteiger partial charge in [-0.25, -0.2) is 14.8 Å². The highest BCUT2D eigenvalue weighted by molar-refractivity contribution is 6.28. The van der Waals surface area contributed by atoms with Crippen LogP contribution in [0.5, 0.6) is 0 Å². The summed E-state index contributed by atoms with van der Waals surface area (Å²) in [4.78, 5) is 21.8. The van der Waals surface area contributed by atoms with Gasteiger partial charge in [0.25, 0.3) is 0 Å². The number of rotatable bonds is 2. The van der Waals surface area contributed by atoms with Gasteiger partial charge in [0.1, 0.15) is 5.82 Å². The fourth-order valence-electron chi connectivity index (χ4n) is 2.70. The molecule has 1 atom stereocenters. The van der Waals surface area contributed by atoms with Crippen molar-refractivity contribution in [3.05, 3.63) is 17.5 Å². The van der Waals surface area contributed by atoms with Crippen LogP contribution in [-0.2, 0) is 0 Å². The first-order chi connectivity index (χ1) is 8.33. The molecule has 1 aliphatic heterocycles. The van der Waals surface area contributed by atoms with Crippen LogP contribution in [0, 0.1) is 5.92 Å². The maximum absolute atomic E-state index is 12.1. The number of aromatic nitrogens is 2. The van der Waals surface area contributed by atoms with E-state index in [4.69, 9.17) is 11.6 Å². The number of urea groups is 1. The predicted molar refractivity (Wildman–Crippen MR) is 70.8 cm³/mol. The van der Waals surface area contributed by atoms with Gasteiger partial charge < -0.3 is 5.32 Å². The lowest BCUT2D eigenvalue weighted by Gasteiger charge is -2.33. The molecule has 98 valence electrons. The second-order valence-electron chi connectivity index (χ2n) is 5.39. The molecule has 0 radical (unpaired) electrons. The molecule has 2 amide bonds. The van der Waals surface area contributed by atoms with E-state index in [1.807, 2.05) is 13.8 Å². The molecule has 0 aliphatic carbocycles. The normalized spacial score (nSPS) is 22.4. The number of hydrogen-bond acceptors (Lipinski definition) is 3. The van der Waals surface area contributed by atoms with Gasteiger partial charge in [-0.2, -0.15) is 0 Å². The van der Waals surface area contributed by atoms with Crippen molar-refractivity contribution in [1.82, 2.24) is 15.3 Å². The number of amides is 2. The zero-order chi connectivity index (χ0) is 13.5. The molecule has 18 heavy (non-hydrogen) atoms. The van der Waals surface area contributed by atoms with Gasteiger partial charge in [0.05, 0.1) is 11.6 Å². The van der Waals surface area contributed by atoms with Gasteiger partial charge in [0, 0.05) is 6.20 Å². The van der Waals surface area contributed by atoms with Crippen LogP contribution in [0.2, 0.25) is 5.28 Å². The van der Waals surface area contributed by atoms with Crippen molar-refractivity contribution in [2.24, 2.45) is 5.92 Å². The van der Waals surface area contributed by atoms with Crippen LogP contribution < -0.4 is 10.2 Å². The summed E-state index contributed by atoms with van der Waals surface area (Å²) in [6.45, 7) is 8.20. The van der Waals surface area contributed by atoms with E-state index in [2.05, 4.69) is 29.1 Å². The highest BCUT2D eigenvalue weighted by Crippen LogP contribution is 2.32. The molecular weight excluding hydrogens is 252 g/mol. The van der Waals surface area contributed by atoms with E-state index < -0.39 is 0 Å². The third-order valence-electron chi connectivity index (χ3n) is 3.16. The van der Waals surface area contributed by atoms with Gasteiger partial charge >= 0.3 is 6.03 Å². The molecule has 5 nitrogen and oxygen atoms in total. The van der Waals surface area contributed by atoms with Crippen LogP contribution in [0.25, 0.3) is 0 Å². The minimum atomic E-state index is -0.303. The van der Waals surface area contributed by atoms with E-state index in [1.54, 1.807) is 17.2 Å². The highest BCUT2D eigenvalue weighted by Gasteiger charge is 2.47. The molecule has 1 saturated heterocycles. The fraction of sp³-hybridized carbons (Fsp3) is 0.583. The Morgan fingerprint density at radius 1 is 1.50 bits per heavy atom. The van der Waals surface area contributed by atoms with Crippen LogP contribution in [0.15, 0.2) is 12.3 Å². The Balaban J connectivity index is 2.45. The molecule has 1 N–H and O–H groups in total. The van der Waals surface area contributed by atoms with Gasteiger partial charge in [-0.15, -0.1) is 0 Å². The third-order valence-corrected chi connectivity index (χ3v) is 3.34. The van der Waals surface area contributed by atoms with E-state index in [1.165, 1.54) is 0 Å². The summed E-state index contributed by atoms with van der Waals surface area (Å²) >= 11 is 5.79. The summed E-state index contributed by atoms with van der Waals surface area (Å²) in [6, 6.07) is 1.58. The highest BCUT2D eigenvalue weighted by atomic mass is 35.5. The van der Waals surface area contributed by atoms with Crippen molar-refractivity contribution < 1.29 is 4.79 Å². The van der Waals surface area contributed by atoms with Crippen molar-refractivity contribution >= 4 is 23.4 Å². The molecule has 0 bridgehead atoms. The van der Waals surface area contributed by atoms with Crippen molar-refractivity contribution in [2.75, 3.05) is 4.90 Å². The third kappa shape index (κ3) is 2.14. The predicted octanol–water partition coefficient (Wildman–Crippen LogP) is 2.46. The molecule has 2 rings (SSSR count). The number of carbonyl (C=O) groups is 1. The Morgan fingerprint density at radius 3 is 2.72 bits per heavy atom. The maximum atomic E-state index is 12.1. The number of halogens is 1. The number of hydrogen-bond donors (Lipinski definition) is 1. The molecule has 2 heterocycles. The fourth-order valence-corrected chi connectivity index (χ4v) is 2.84. The number of anilines is 1. The van der Waals surface area contributed by atoms with Gasteiger partial charge in [-0.05, 0) is 37.4 Å². The SMILES string of the molecule is CC(C)C1N(c2ccnc(Cl)n2)C(=O)NC1(C)C. The lowest BCUT2D eigenvalue weighted by Crippen LogP contribution is -2.48. The first-order valence-corrected chi connectivity index (χ1v) is 6.30. The smallest absolute Gasteiger partial charge is 0.323 e. The molecular formula is C12H17ClN4O. The van der Waals surface area contributed by atoms with Crippen molar-refractivity contribution in [3.63, 3.8) is 0 Å². The van der Waals surface area contributed by atoms with Gasteiger partial charge in [0.15, 0.2) is 0 Å². The summed E-state index contributed by atoms with van der Waals surface area (Å²) in [5.41, 5.74) is -0.303. The summed E-state index contributed by atoms with van der Waals surface area (Å²) in [6.07, 6.45) is 1.56. The van der Waals surface area contributed by atoms with Crippen LogP contribution >= 0.6 is 11.6 Å². The molecule has 1 aromatic heterocycles. The summed E-state index contributed by atoms with van der Waals surface area (Å²) in [5, 5.41) is 3.12. The first kappa shape index (κ1) is 13.1. The van der Waals surface area contributed by atoms with Crippen LogP contribution in [0.3, 0.4) is 0 Å². The van der Waals surface area contributed by atoms with Crippen LogP contribution in [0.1, 0.15) is 27.7 Å². The Bertz CT molecular complexity index is 475. The van der Waals surface area contributed by atoms with Gasteiger partial charge in [-0.1, -0.05) is 13.8 Å². The van der Waals surface area contributed by atoms with E-state index in [0.29, 0.717) is 11.7 Å². The summed E-state index contributed by atoms with van der Waals surface area (Å²) in [5.74, 6) is 0.837. The first-order valence-electron chi connectivity index (χ1n) is 5.93. The maximum Gasteiger partial charge on any atom is 0.323 e. The minimum absolute atomic E-state index is 0.0240. The molecule has 0 aromatic carbocycles. The topological polar surface area (TPSA) is 58.1 Å². The molecule has 0 saturated carbocycles. The van der Waals surface area contributed by atoms with Crippen molar-refractivity contribution in [1.29, 1.82) is 0 Å². The second kappa shape index (κ2) is 4.39. The molecule has 0 spiro atoms. The average molecular weight is 269 g/mol. The molecule has 6 heteroatoms. The van der Waals surface area contributed by atoms with Crippen LogP contribution in [0.4, 0.5) is 10.6 Å². The van der Waals surface area contributed by atoms with E-state index in [-0.39, 0.29) is 22.9 Å². The largest absolute Gasteiger partial charge is 0.331 e. The molecule has 1 fully saturated rings. The van der Waals surface area contributed by atoms with Crippen LogP contribution in [-0.4, -0.2) is 27.6 Å². The molecule has 1 unspecified atom stereocenters. The Morgan fingerprint density at radius 2 is 2.17 bits per heavy atom. The monoisotopic (exact) mass is 268 g/mol. The molecule has 1 aromatic rings. The summed E-state index contributed by atoms with van der Waals surface area (Å²) < 4.78 is 0. The molecule has 1 aliphatic rings. The van der Waals surface area contributed by atoms with E-state index in [9.17, 15) is 4.79 Å². The van der Waals surface area contributed by atoms with E-state index in [0.717, 1.165) is 0 Å². The Kier molecular flexibility index (Phi) is 3.19. The number of nitrogens with one attached hydrogen (secondary N) is 1. The number of nitrogens with zero attached hydrogens (tertiary/aromatic N) is 3.